The number of aryl methyl sites for hydroxylation is 2. The van der Waals surface area contributed by atoms with Crippen LogP contribution in [0.25, 0.3) is 0 Å². The van der Waals surface area contributed by atoms with Gasteiger partial charge >= 0.3 is 0 Å². The smallest absolute Gasteiger partial charge is 0.253 e. The predicted octanol–water partition coefficient (Wildman–Crippen LogP) is 2.78. The summed E-state index contributed by atoms with van der Waals surface area (Å²) in [6, 6.07) is 20.4. The van der Waals surface area contributed by atoms with Gasteiger partial charge in [-0.05, 0) is 55.9 Å². The van der Waals surface area contributed by atoms with E-state index in [0.29, 0.717) is 30.5 Å². The second-order valence-electron chi connectivity index (χ2n) is 8.59. The largest absolute Gasteiger partial charge is 0.391 e. The summed E-state index contributed by atoms with van der Waals surface area (Å²) in [5.41, 5.74) is 10.3. The number of aromatic nitrogens is 1. The van der Waals surface area contributed by atoms with Crippen LogP contribution in [0.3, 0.4) is 0 Å². The molecule has 0 spiro atoms. The first-order valence-electron chi connectivity index (χ1n) is 11.3. The molecule has 1 unspecified atom stereocenters. The summed E-state index contributed by atoms with van der Waals surface area (Å²) in [6.45, 7) is 3.59. The maximum absolute atomic E-state index is 13.0. The lowest BCUT2D eigenvalue weighted by Crippen LogP contribution is -2.48. The zero-order chi connectivity index (χ0) is 23.8. The number of hydrogen-bond donors (Lipinski definition) is 4. The number of pyridine rings is 1. The summed E-state index contributed by atoms with van der Waals surface area (Å²) in [4.78, 5) is 17.2. The maximum Gasteiger partial charge on any atom is 0.253 e. The number of rotatable bonds is 10. The second kappa shape index (κ2) is 11.7. The summed E-state index contributed by atoms with van der Waals surface area (Å²) in [5.74, 6) is -0.564. The van der Waals surface area contributed by atoms with Crippen LogP contribution >= 0.6 is 0 Å². The molecule has 2 aromatic carbocycles. The Hall–Kier alpha value is -3.06. The van der Waals surface area contributed by atoms with Crippen molar-refractivity contribution in [2.24, 2.45) is 5.73 Å². The molecule has 0 fully saturated rings. The van der Waals surface area contributed by atoms with Gasteiger partial charge in [-0.1, -0.05) is 60.7 Å². The molecule has 0 aliphatic rings. The van der Waals surface area contributed by atoms with Crippen LogP contribution in [0.5, 0.6) is 0 Å². The number of nitrogens with one attached hydrogen (secondary N) is 1. The van der Waals surface area contributed by atoms with E-state index in [-0.39, 0.29) is 6.04 Å². The molecule has 5 N–H and O–H groups in total. The highest BCUT2D eigenvalue weighted by Gasteiger charge is 2.28. The molecule has 6 heteroatoms. The van der Waals surface area contributed by atoms with Gasteiger partial charge in [0.05, 0.1) is 12.1 Å². The van der Waals surface area contributed by atoms with E-state index < -0.39 is 24.2 Å². The molecule has 3 rings (SSSR count). The van der Waals surface area contributed by atoms with Gasteiger partial charge in [0.15, 0.2) is 6.10 Å². The molecule has 1 aromatic heterocycles. The van der Waals surface area contributed by atoms with Gasteiger partial charge in [0.2, 0.25) is 0 Å². The third-order valence-electron chi connectivity index (χ3n) is 5.90. The van der Waals surface area contributed by atoms with Crippen molar-refractivity contribution in [2.45, 2.75) is 57.4 Å². The molecule has 1 heterocycles. The molecule has 4 atom stereocenters. The molecule has 3 aromatic rings. The Kier molecular flexibility index (Phi) is 8.72. The van der Waals surface area contributed by atoms with Crippen molar-refractivity contribution in [3.8, 4) is 0 Å². The van der Waals surface area contributed by atoms with E-state index in [1.807, 2.05) is 67.6 Å². The minimum absolute atomic E-state index is 0.273. The highest BCUT2D eigenvalue weighted by atomic mass is 16.3. The SMILES string of the molecule is Cc1ccnc(C)c1C(O)C(=O)N[C@@H](Cc1ccccc1)[C@@H](O)C[C@@H](N)Cc1ccccc1. The molecule has 0 aliphatic carbocycles. The fourth-order valence-electron chi connectivity index (χ4n) is 4.14. The fraction of sp³-hybridized carbons (Fsp3) is 0.333. The Morgan fingerprint density at radius 1 is 0.939 bits per heavy atom. The second-order valence-corrected chi connectivity index (χ2v) is 8.59. The van der Waals surface area contributed by atoms with Gasteiger partial charge in [0, 0.05) is 23.5 Å². The van der Waals surface area contributed by atoms with E-state index in [1.165, 1.54) is 0 Å². The molecular formula is C27H33N3O3. The van der Waals surface area contributed by atoms with Crippen LogP contribution in [-0.4, -0.2) is 39.3 Å². The Labute approximate surface area is 195 Å². The summed E-state index contributed by atoms with van der Waals surface area (Å²) in [5, 5.41) is 24.7. The van der Waals surface area contributed by atoms with Crippen LogP contribution in [-0.2, 0) is 17.6 Å². The number of aliphatic hydroxyl groups is 2. The van der Waals surface area contributed by atoms with Gasteiger partial charge in [0.1, 0.15) is 0 Å². The van der Waals surface area contributed by atoms with Gasteiger partial charge < -0.3 is 21.3 Å². The molecule has 1 amide bonds. The van der Waals surface area contributed by atoms with Gasteiger partial charge in [0.25, 0.3) is 5.91 Å². The third-order valence-corrected chi connectivity index (χ3v) is 5.90. The summed E-state index contributed by atoms with van der Waals surface area (Å²) >= 11 is 0. The first-order valence-corrected chi connectivity index (χ1v) is 11.3. The van der Waals surface area contributed by atoms with Crippen molar-refractivity contribution in [1.29, 1.82) is 0 Å². The van der Waals surface area contributed by atoms with Crippen LogP contribution in [0.4, 0.5) is 0 Å². The molecule has 6 nitrogen and oxygen atoms in total. The molecule has 33 heavy (non-hydrogen) atoms. The van der Waals surface area contributed by atoms with Crippen LogP contribution in [0.1, 0.15) is 40.5 Å². The Balaban J connectivity index is 1.73. The Morgan fingerprint density at radius 2 is 1.52 bits per heavy atom. The van der Waals surface area contributed by atoms with E-state index in [9.17, 15) is 15.0 Å². The van der Waals surface area contributed by atoms with Crippen molar-refractivity contribution in [3.05, 3.63) is 101 Å². The van der Waals surface area contributed by atoms with Gasteiger partial charge in [-0.25, -0.2) is 0 Å². The Bertz CT molecular complexity index is 1010. The molecule has 0 aliphatic heterocycles. The minimum atomic E-state index is -1.37. The molecular weight excluding hydrogens is 414 g/mol. The monoisotopic (exact) mass is 447 g/mol. The number of nitrogens with zero attached hydrogens (tertiary/aromatic N) is 1. The van der Waals surface area contributed by atoms with Crippen LogP contribution in [0, 0.1) is 13.8 Å². The summed E-state index contributed by atoms with van der Waals surface area (Å²) < 4.78 is 0. The molecule has 174 valence electrons. The summed E-state index contributed by atoms with van der Waals surface area (Å²) in [7, 11) is 0. The number of hydrogen-bond acceptors (Lipinski definition) is 5. The maximum atomic E-state index is 13.0. The quantitative estimate of drug-likeness (QED) is 0.382. The standard InChI is InChI=1S/C27H33N3O3/c1-18-13-14-29-19(2)25(18)26(32)27(33)30-23(16-21-11-7-4-8-12-21)24(31)17-22(28)15-20-9-5-3-6-10-20/h3-14,22-24,26,31-32H,15-17,28H2,1-2H3,(H,30,33)/t22-,23-,24-,26?/m0/s1. The lowest BCUT2D eigenvalue weighted by molar-refractivity contribution is -0.131. The number of aliphatic hydroxyl groups excluding tert-OH is 2. The van der Waals surface area contributed by atoms with E-state index >= 15 is 0 Å². The molecule has 0 radical (unpaired) electrons. The first kappa shape index (κ1) is 24.6. The van der Waals surface area contributed by atoms with Crippen LogP contribution < -0.4 is 11.1 Å². The number of carbonyl (C=O) groups is 1. The van der Waals surface area contributed by atoms with Crippen molar-refractivity contribution in [2.75, 3.05) is 0 Å². The number of carbonyl (C=O) groups excluding carboxylic acids is 1. The molecule has 0 bridgehead atoms. The molecule has 0 saturated carbocycles. The van der Waals surface area contributed by atoms with Gasteiger partial charge in [-0.2, -0.15) is 0 Å². The Morgan fingerprint density at radius 3 is 2.09 bits per heavy atom. The van der Waals surface area contributed by atoms with E-state index in [2.05, 4.69) is 10.3 Å². The van der Waals surface area contributed by atoms with Crippen molar-refractivity contribution in [3.63, 3.8) is 0 Å². The average Bonchev–Trinajstić information content (AvgIpc) is 2.79. The average molecular weight is 448 g/mol. The number of benzene rings is 2. The zero-order valence-electron chi connectivity index (χ0n) is 19.2. The van der Waals surface area contributed by atoms with E-state index in [1.54, 1.807) is 19.2 Å². The number of nitrogens with two attached hydrogens (primary N) is 1. The van der Waals surface area contributed by atoms with E-state index in [0.717, 1.165) is 16.7 Å². The lowest BCUT2D eigenvalue weighted by atomic mass is 9.93. The highest BCUT2D eigenvalue weighted by molar-refractivity contribution is 5.83. The first-order chi connectivity index (χ1) is 15.8. The minimum Gasteiger partial charge on any atom is -0.391 e. The highest BCUT2D eigenvalue weighted by Crippen LogP contribution is 2.21. The van der Waals surface area contributed by atoms with E-state index in [4.69, 9.17) is 5.73 Å². The molecule has 0 saturated heterocycles. The summed E-state index contributed by atoms with van der Waals surface area (Å²) in [6.07, 6.45) is 0.755. The van der Waals surface area contributed by atoms with Crippen molar-refractivity contribution >= 4 is 5.91 Å². The topological polar surface area (TPSA) is 108 Å². The zero-order valence-corrected chi connectivity index (χ0v) is 19.2. The lowest BCUT2D eigenvalue weighted by Gasteiger charge is -2.28. The third kappa shape index (κ3) is 6.96. The van der Waals surface area contributed by atoms with Crippen molar-refractivity contribution < 1.29 is 15.0 Å². The van der Waals surface area contributed by atoms with Crippen molar-refractivity contribution in [1.82, 2.24) is 10.3 Å². The van der Waals surface area contributed by atoms with Gasteiger partial charge in [-0.3, -0.25) is 9.78 Å². The fourth-order valence-corrected chi connectivity index (χ4v) is 4.14. The van der Waals surface area contributed by atoms with Crippen LogP contribution in [0.2, 0.25) is 0 Å². The normalized spacial score (nSPS) is 14.8. The van der Waals surface area contributed by atoms with Gasteiger partial charge in [-0.15, -0.1) is 0 Å². The van der Waals surface area contributed by atoms with Crippen LogP contribution in [0.15, 0.2) is 72.9 Å². The number of amides is 1. The predicted molar refractivity (Wildman–Crippen MR) is 129 cm³/mol.